The average molecular weight is 272 g/mol. The van der Waals surface area contributed by atoms with Gasteiger partial charge in [0.05, 0.1) is 5.56 Å². The van der Waals surface area contributed by atoms with Crippen molar-refractivity contribution in [2.24, 2.45) is 0 Å². The molecule has 2 aromatic rings. The predicted molar refractivity (Wildman–Crippen MR) is 78.2 cm³/mol. The Bertz CT molecular complexity index is 609. The van der Waals surface area contributed by atoms with Crippen molar-refractivity contribution < 1.29 is 9.90 Å². The number of carbonyl (C=O) groups is 1. The number of benzene rings is 2. The summed E-state index contributed by atoms with van der Waals surface area (Å²) in [6.07, 6.45) is 0. The first kappa shape index (κ1) is 13.7. The molecule has 0 heterocycles. The van der Waals surface area contributed by atoms with Crippen molar-refractivity contribution in [3.05, 3.63) is 58.7 Å². The minimum Gasteiger partial charge on any atom is -0.478 e. The Hall–Kier alpha value is -1.74. The van der Waals surface area contributed by atoms with E-state index in [-0.39, 0.29) is 0 Å². The summed E-state index contributed by atoms with van der Waals surface area (Å²) < 4.78 is 0. The second kappa shape index (κ2) is 5.49. The van der Waals surface area contributed by atoms with Crippen LogP contribution in [0.2, 0.25) is 0 Å². The lowest BCUT2D eigenvalue weighted by molar-refractivity contribution is 0.0696. The van der Waals surface area contributed by atoms with Crippen molar-refractivity contribution in [2.45, 2.75) is 30.6 Å². The number of aromatic carboxylic acids is 1. The monoisotopic (exact) mass is 272 g/mol. The van der Waals surface area contributed by atoms with E-state index in [1.165, 1.54) is 21.6 Å². The van der Waals surface area contributed by atoms with Gasteiger partial charge in [-0.2, -0.15) is 0 Å². The van der Waals surface area contributed by atoms with Crippen LogP contribution in [0.15, 0.2) is 46.2 Å². The molecule has 3 heteroatoms. The van der Waals surface area contributed by atoms with Gasteiger partial charge in [-0.1, -0.05) is 35.5 Å². The molecule has 0 saturated carbocycles. The highest BCUT2D eigenvalue weighted by Gasteiger charge is 2.08. The fourth-order valence-corrected chi connectivity index (χ4v) is 3.15. The second-order valence-electron chi connectivity index (χ2n) is 4.66. The summed E-state index contributed by atoms with van der Waals surface area (Å²) in [4.78, 5) is 13.1. The van der Waals surface area contributed by atoms with Gasteiger partial charge in [-0.05, 0) is 50.1 Å². The van der Waals surface area contributed by atoms with Crippen LogP contribution in [0.5, 0.6) is 0 Å². The first-order valence-electron chi connectivity index (χ1n) is 6.06. The molecular formula is C16H16O2S. The third-order valence-corrected chi connectivity index (χ3v) is 4.24. The van der Waals surface area contributed by atoms with Crippen LogP contribution in [0.3, 0.4) is 0 Å². The molecule has 0 bridgehead atoms. The summed E-state index contributed by atoms with van der Waals surface area (Å²) in [6.45, 7) is 6.26. The van der Waals surface area contributed by atoms with Gasteiger partial charge in [-0.15, -0.1) is 0 Å². The quantitative estimate of drug-likeness (QED) is 0.896. The summed E-state index contributed by atoms with van der Waals surface area (Å²) in [5.74, 6) is -0.889. The Balaban J connectivity index is 2.36. The van der Waals surface area contributed by atoms with Gasteiger partial charge in [-0.25, -0.2) is 4.79 Å². The Kier molecular flexibility index (Phi) is 3.96. The maximum Gasteiger partial charge on any atom is 0.335 e. The number of carboxylic acids is 1. The average Bonchev–Trinajstić information content (AvgIpc) is 2.34. The van der Waals surface area contributed by atoms with E-state index >= 15 is 0 Å². The summed E-state index contributed by atoms with van der Waals surface area (Å²) >= 11 is 1.62. The Labute approximate surface area is 117 Å². The molecule has 0 saturated heterocycles. The highest BCUT2D eigenvalue weighted by molar-refractivity contribution is 7.99. The maximum atomic E-state index is 11.0. The normalized spacial score (nSPS) is 10.5. The molecule has 0 unspecified atom stereocenters. The van der Waals surface area contributed by atoms with Gasteiger partial charge in [0.2, 0.25) is 0 Å². The summed E-state index contributed by atoms with van der Waals surface area (Å²) in [5.41, 5.74) is 4.03. The van der Waals surface area contributed by atoms with E-state index in [2.05, 4.69) is 32.9 Å². The van der Waals surface area contributed by atoms with Gasteiger partial charge in [0.1, 0.15) is 0 Å². The lowest BCUT2D eigenvalue weighted by Crippen LogP contribution is -1.95. The first-order valence-corrected chi connectivity index (χ1v) is 6.88. The number of hydrogen-bond donors (Lipinski definition) is 1. The van der Waals surface area contributed by atoms with Crippen molar-refractivity contribution in [3.63, 3.8) is 0 Å². The number of aryl methyl sites for hydroxylation is 3. The first-order chi connectivity index (χ1) is 8.97. The van der Waals surface area contributed by atoms with Gasteiger partial charge >= 0.3 is 5.97 Å². The lowest BCUT2D eigenvalue weighted by Gasteiger charge is -2.11. The molecule has 98 valence electrons. The molecule has 0 radical (unpaired) electrons. The number of carboxylic acid groups (broad SMARTS) is 1. The van der Waals surface area contributed by atoms with E-state index < -0.39 is 5.97 Å². The zero-order valence-electron chi connectivity index (χ0n) is 11.2. The predicted octanol–water partition coefficient (Wildman–Crippen LogP) is 4.46. The van der Waals surface area contributed by atoms with Crippen LogP contribution in [0, 0.1) is 20.8 Å². The number of hydrogen-bond acceptors (Lipinski definition) is 2. The Morgan fingerprint density at radius 3 is 2.26 bits per heavy atom. The summed E-state index contributed by atoms with van der Waals surface area (Å²) in [7, 11) is 0. The molecule has 0 amide bonds. The van der Waals surface area contributed by atoms with Crippen LogP contribution >= 0.6 is 11.8 Å². The third kappa shape index (κ3) is 3.18. The van der Waals surface area contributed by atoms with E-state index in [0.29, 0.717) is 5.56 Å². The van der Waals surface area contributed by atoms with E-state index in [1.807, 2.05) is 6.07 Å². The van der Waals surface area contributed by atoms with E-state index in [9.17, 15) is 4.79 Å². The SMILES string of the molecule is Cc1cc(C)c(Sc2cccc(C(=O)O)c2)c(C)c1. The zero-order chi connectivity index (χ0) is 14.0. The smallest absolute Gasteiger partial charge is 0.335 e. The summed E-state index contributed by atoms with van der Waals surface area (Å²) in [5, 5.41) is 9.01. The van der Waals surface area contributed by atoms with E-state index in [4.69, 9.17) is 5.11 Å². The van der Waals surface area contributed by atoms with Gasteiger partial charge in [-0.3, -0.25) is 0 Å². The molecule has 19 heavy (non-hydrogen) atoms. The van der Waals surface area contributed by atoms with Crippen molar-refractivity contribution in [1.29, 1.82) is 0 Å². The molecule has 0 aliphatic rings. The highest BCUT2D eigenvalue weighted by Crippen LogP contribution is 2.33. The van der Waals surface area contributed by atoms with Crippen molar-refractivity contribution in [1.82, 2.24) is 0 Å². The van der Waals surface area contributed by atoms with Crippen LogP contribution in [0.25, 0.3) is 0 Å². The topological polar surface area (TPSA) is 37.3 Å². The van der Waals surface area contributed by atoms with Crippen LogP contribution in [-0.4, -0.2) is 11.1 Å². The van der Waals surface area contributed by atoms with Gasteiger partial charge in [0, 0.05) is 9.79 Å². The third-order valence-electron chi connectivity index (χ3n) is 2.91. The van der Waals surface area contributed by atoms with Crippen molar-refractivity contribution >= 4 is 17.7 Å². The fraction of sp³-hybridized carbons (Fsp3) is 0.188. The molecule has 1 N–H and O–H groups in total. The fourth-order valence-electron chi connectivity index (χ4n) is 2.14. The van der Waals surface area contributed by atoms with E-state index in [0.717, 1.165) is 4.90 Å². The Morgan fingerprint density at radius 2 is 1.68 bits per heavy atom. The number of rotatable bonds is 3. The van der Waals surface area contributed by atoms with Crippen LogP contribution < -0.4 is 0 Å². The maximum absolute atomic E-state index is 11.0. The minimum absolute atomic E-state index is 0.326. The van der Waals surface area contributed by atoms with Gasteiger partial charge in [0.25, 0.3) is 0 Å². The lowest BCUT2D eigenvalue weighted by atomic mass is 10.1. The molecule has 0 fully saturated rings. The molecule has 2 rings (SSSR count). The van der Waals surface area contributed by atoms with Gasteiger partial charge in [0.15, 0.2) is 0 Å². The Morgan fingerprint density at radius 1 is 1.05 bits per heavy atom. The van der Waals surface area contributed by atoms with Crippen LogP contribution in [0.4, 0.5) is 0 Å². The zero-order valence-corrected chi connectivity index (χ0v) is 12.0. The molecule has 0 aliphatic heterocycles. The molecule has 2 nitrogen and oxygen atoms in total. The van der Waals surface area contributed by atoms with Gasteiger partial charge < -0.3 is 5.11 Å². The van der Waals surface area contributed by atoms with Crippen molar-refractivity contribution in [2.75, 3.05) is 0 Å². The van der Waals surface area contributed by atoms with Crippen LogP contribution in [-0.2, 0) is 0 Å². The van der Waals surface area contributed by atoms with Crippen molar-refractivity contribution in [3.8, 4) is 0 Å². The molecule has 0 spiro atoms. The highest BCUT2D eigenvalue weighted by atomic mass is 32.2. The largest absolute Gasteiger partial charge is 0.478 e. The molecule has 0 aromatic heterocycles. The molecule has 0 aliphatic carbocycles. The molecule has 0 atom stereocenters. The molecule has 2 aromatic carbocycles. The molecular weight excluding hydrogens is 256 g/mol. The second-order valence-corrected chi connectivity index (χ2v) is 5.75. The van der Waals surface area contributed by atoms with E-state index in [1.54, 1.807) is 30.0 Å². The standard InChI is InChI=1S/C16H16O2S/c1-10-7-11(2)15(12(3)8-10)19-14-6-4-5-13(9-14)16(17)18/h4-9H,1-3H3,(H,17,18). The summed E-state index contributed by atoms with van der Waals surface area (Å²) in [6, 6.07) is 11.3. The minimum atomic E-state index is -0.889. The van der Waals surface area contributed by atoms with Crippen LogP contribution in [0.1, 0.15) is 27.0 Å².